The number of rotatable bonds is 6. The number of ether oxygens (including phenoxy) is 1. The van der Waals surface area contributed by atoms with E-state index in [2.05, 4.69) is 24.1 Å². The summed E-state index contributed by atoms with van der Waals surface area (Å²) in [5.74, 6) is 1.12. The first-order valence-corrected chi connectivity index (χ1v) is 7.35. The first-order valence-electron chi connectivity index (χ1n) is 7.35. The normalized spacial score (nSPS) is 22.5. The lowest BCUT2D eigenvalue weighted by molar-refractivity contribution is 0.199. The summed E-state index contributed by atoms with van der Waals surface area (Å²) in [6, 6.07) is 5.35. The number of halogens is 1. The van der Waals surface area contributed by atoms with E-state index in [1.165, 1.54) is 0 Å². The van der Waals surface area contributed by atoms with Gasteiger partial charge in [-0.15, -0.1) is 0 Å². The SMILES string of the molecule is COCCNCc1cccc(F)c1N1CC(C)C(C)C1. The molecule has 0 bridgehead atoms. The van der Waals surface area contributed by atoms with Crippen molar-refractivity contribution in [3.8, 4) is 0 Å². The van der Waals surface area contributed by atoms with Crippen LogP contribution in [0.2, 0.25) is 0 Å². The molecule has 0 aliphatic carbocycles. The lowest BCUT2D eigenvalue weighted by Gasteiger charge is -2.23. The lowest BCUT2D eigenvalue weighted by atomic mass is 10.0. The van der Waals surface area contributed by atoms with Crippen LogP contribution in [0.15, 0.2) is 18.2 Å². The minimum absolute atomic E-state index is 0.114. The first-order chi connectivity index (χ1) is 9.63. The first kappa shape index (κ1) is 15.3. The van der Waals surface area contributed by atoms with Gasteiger partial charge in [-0.3, -0.25) is 0 Å². The second kappa shape index (κ2) is 7.04. The molecule has 1 saturated heterocycles. The third-order valence-electron chi connectivity index (χ3n) is 4.17. The Morgan fingerprint density at radius 2 is 2.00 bits per heavy atom. The van der Waals surface area contributed by atoms with E-state index in [0.29, 0.717) is 25.0 Å². The molecular formula is C16H25FN2O. The molecule has 0 amide bonds. The van der Waals surface area contributed by atoms with Crippen molar-refractivity contribution in [2.75, 3.05) is 38.3 Å². The molecule has 112 valence electrons. The molecule has 0 spiro atoms. The highest BCUT2D eigenvalue weighted by Gasteiger charge is 2.28. The summed E-state index contributed by atoms with van der Waals surface area (Å²) in [5, 5.41) is 3.30. The molecule has 1 heterocycles. The predicted molar refractivity (Wildman–Crippen MR) is 80.5 cm³/mol. The summed E-state index contributed by atoms with van der Waals surface area (Å²) < 4.78 is 19.3. The molecule has 2 unspecified atom stereocenters. The standard InChI is InChI=1S/C16H25FN2O/c1-12-10-19(11-13(12)2)16-14(5-4-6-15(16)17)9-18-7-8-20-3/h4-6,12-13,18H,7-11H2,1-3H3. The van der Waals surface area contributed by atoms with Crippen molar-refractivity contribution >= 4 is 5.69 Å². The number of anilines is 1. The summed E-state index contributed by atoms with van der Waals surface area (Å²) in [6.45, 7) is 8.47. The molecule has 4 heteroatoms. The maximum absolute atomic E-state index is 14.2. The van der Waals surface area contributed by atoms with Crippen LogP contribution >= 0.6 is 0 Å². The topological polar surface area (TPSA) is 24.5 Å². The number of nitrogens with zero attached hydrogens (tertiary/aromatic N) is 1. The Bertz CT molecular complexity index is 428. The van der Waals surface area contributed by atoms with Gasteiger partial charge in [0.1, 0.15) is 5.82 Å². The molecule has 1 aromatic carbocycles. The van der Waals surface area contributed by atoms with E-state index in [1.54, 1.807) is 19.2 Å². The van der Waals surface area contributed by atoms with Crippen molar-refractivity contribution in [2.45, 2.75) is 20.4 Å². The summed E-state index contributed by atoms with van der Waals surface area (Å²) in [4.78, 5) is 2.19. The average molecular weight is 280 g/mol. The average Bonchev–Trinajstić information content (AvgIpc) is 2.74. The fraction of sp³-hybridized carbons (Fsp3) is 0.625. The van der Waals surface area contributed by atoms with Gasteiger partial charge in [0, 0.05) is 33.3 Å². The van der Waals surface area contributed by atoms with Crippen LogP contribution in [0.25, 0.3) is 0 Å². The Morgan fingerprint density at radius 3 is 2.65 bits per heavy atom. The van der Waals surface area contributed by atoms with E-state index in [0.717, 1.165) is 30.9 Å². The molecule has 20 heavy (non-hydrogen) atoms. The van der Waals surface area contributed by atoms with E-state index in [-0.39, 0.29) is 5.82 Å². The van der Waals surface area contributed by atoms with E-state index in [9.17, 15) is 4.39 Å². The van der Waals surface area contributed by atoms with Crippen LogP contribution in [0, 0.1) is 17.7 Å². The van der Waals surface area contributed by atoms with E-state index in [4.69, 9.17) is 4.74 Å². The van der Waals surface area contributed by atoms with Gasteiger partial charge in [-0.25, -0.2) is 4.39 Å². The van der Waals surface area contributed by atoms with Gasteiger partial charge in [-0.1, -0.05) is 26.0 Å². The number of hydrogen-bond donors (Lipinski definition) is 1. The van der Waals surface area contributed by atoms with Gasteiger partial charge in [-0.2, -0.15) is 0 Å². The third kappa shape index (κ3) is 3.49. The number of para-hydroxylation sites is 1. The second-order valence-electron chi connectivity index (χ2n) is 5.78. The molecule has 1 aliphatic rings. The molecule has 0 saturated carbocycles. The summed E-state index contributed by atoms with van der Waals surface area (Å²) in [6.07, 6.45) is 0. The third-order valence-corrected chi connectivity index (χ3v) is 4.17. The molecule has 1 aliphatic heterocycles. The highest BCUT2D eigenvalue weighted by Crippen LogP contribution is 2.32. The Morgan fingerprint density at radius 1 is 1.30 bits per heavy atom. The van der Waals surface area contributed by atoms with Gasteiger partial charge in [0.2, 0.25) is 0 Å². The summed E-state index contributed by atoms with van der Waals surface area (Å²) in [7, 11) is 1.68. The maximum Gasteiger partial charge on any atom is 0.146 e. The van der Waals surface area contributed by atoms with Gasteiger partial charge in [0.25, 0.3) is 0 Å². The zero-order valence-corrected chi connectivity index (χ0v) is 12.7. The minimum Gasteiger partial charge on any atom is -0.383 e. The second-order valence-corrected chi connectivity index (χ2v) is 5.78. The van der Waals surface area contributed by atoms with Crippen LogP contribution in [0.1, 0.15) is 19.4 Å². The lowest BCUT2D eigenvalue weighted by Crippen LogP contribution is -2.25. The Kier molecular flexibility index (Phi) is 5.38. The van der Waals surface area contributed by atoms with Crippen LogP contribution < -0.4 is 10.2 Å². The highest BCUT2D eigenvalue weighted by molar-refractivity contribution is 5.55. The smallest absolute Gasteiger partial charge is 0.146 e. The highest BCUT2D eigenvalue weighted by atomic mass is 19.1. The molecule has 1 fully saturated rings. The molecule has 2 atom stereocenters. The van der Waals surface area contributed by atoms with Gasteiger partial charge in [0.05, 0.1) is 12.3 Å². The predicted octanol–water partition coefficient (Wildman–Crippen LogP) is 2.65. The Balaban J connectivity index is 2.10. The number of benzene rings is 1. The molecule has 1 aromatic rings. The molecule has 0 aromatic heterocycles. The van der Waals surface area contributed by atoms with Gasteiger partial charge < -0.3 is 15.0 Å². The van der Waals surface area contributed by atoms with Crippen LogP contribution in [-0.4, -0.2) is 33.4 Å². The molecule has 2 rings (SSSR count). The van der Waals surface area contributed by atoms with Crippen LogP contribution in [0.4, 0.5) is 10.1 Å². The minimum atomic E-state index is -0.114. The van der Waals surface area contributed by atoms with E-state index in [1.807, 2.05) is 6.07 Å². The summed E-state index contributed by atoms with van der Waals surface area (Å²) in [5.41, 5.74) is 1.80. The van der Waals surface area contributed by atoms with Crippen molar-refractivity contribution in [1.82, 2.24) is 5.32 Å². The molecular weight excluding hydrogens is 255 g/mol. The van der Waals surface area contributed by atoms with E-state index >= 15 is 0 Å². The van der Waals surface area contributed by atoms with Crippen LogP contribution in [0.5, 0.6) is 0 Å². The molecule has 0 radical (unpaired) electrons. The fourth-order valence-electron chi connectivity index (χ4n) is 2.77. The maximum atomic E-state index is 14.2. The zero-order chi connectivity index (χ0) is 14.5. The van der Waals surface area contributed by atoms with Crippen molar-refractivity contribution in [2.24, 2.45) is 11.8 Å². The van der Waals surface area contributed by atoms with Crippen LogP contribution in [0.3, 0.4) is 0 Å². The van der Waals surface area contributed by atoms with Crippen molar-refractivity contribution < 1.29 is 9.13 Å². The number of methoxy groups -OCH3 is 1. The van der Waals surface area contributed by atoms with Gasteiger partial charge in [-0.05, 0) is 23.5 Å². The zero-order valence-electron chi connectivity index (χ0n) is 12.7. The molecule has 3 nitrogen and oxygen atoms in total. The fourth-order valence-corrected chi connectivity index (χ4v) is 2.77. The van der Waals surface area contributed by atoms with Crippen molar-refractivity contribution in [1.29, 1.82) is 0 Å². The largest absolute Gasteiger partial charge is 0.383 e. The van der Waals surface area contributed by atoms with Crippen molar-refractivity contribution in [3.63, 3.8) is 0 Å². The monoisotopic (exact) mass is 280 g/mol. The van der Waals surface area contributed by atoms with E-state index < -0.39 is 0 Å². The van der Waals surface area contributed by atoms with Crippen molar-refractivity contribution in [3.05, 3.63) is 29.6 Å². The van der Waals surface area contributed by atoms with Gasteiger partial charge in [0.15, 0.2) is 0 Å². The Labute approximate surface area is 121 Å². The number of hydrogen-bond acceptors (Lipinski definition) is 3. The Hall–Kier alpha value is -1.13. The summed E-state index contributed by atoms with van der Waals surface area (Å²) >= 11 is 0. The molecule has 1 N–H and O–H groups in total. The van der Waals surface area contributed by atoms with Crippen LogP contribution in [-0.2, 0) is 11.3 Å². The quantitative estimate of drug-likeness (QED) is 0.811. The van der Waals surface area contributed by atoms with Gasteiger partial charge >= 0.3 is 0 Å². The number of nitrogens with one attached hydrogen (secondary N) is 1.